The van der Waals surface area contributed by atoms with Crippen molar-refractivity contribution in [3.05, 3.63) is 48.4 Å². The van der Waals surface area contributed by atoms with Crippen LogP contribution >= 0.6 is 0 Å². The maximum atomic E-state index is 13.0. The molecular formula is C23H28N4O. The first-order valence-corrected chi connectivity index (χ1v) is 10.2. The predicted molar refractivity (Wildman–Crippen MR) is 112 cm³/mol. The molecule has 0 N–H and O–H groups in total. The van der Waals surface area contributed by atoms with Gasteiger partial charge in [-0.2, -0.15) is 0 Å². The van der Waals surface area contributed by atoms with Crippen molar-refractivity contribution < 1.29 is 4.79 Å². The highest BCUT2D eigenvalue weighted by atomic mass is 16.2. The van der Waals surface area contributed by atoms with Crippen LogP contribution < -0.4 is 0 Å². The van der Waals surface area contributed by atoms with E-state index < -0.39 is 0 Å². The summed E-state index contributed by atoms with van der Waals surface area (Å²) >= 11 is 0. The Morgan fingerprint density at radius 3 is 2.79 bits per heavy atom. The Morgan fingerprint density at radius 2 is 1.96 bits per heavy atom. The van der Waals surface area contributed by atoms with E-state index in [9.17, 15) is 4.79 Å². The number of piperidine rings is 1. The van der Waals surface area contributed by atoms with Crippen LogP contribution in [0.25, 0.3) is 22.3 Å². The number of hydrogen-bond donors (Lipinski definition) is 0. The van der Waals surface area contributed by atoms with Crippen molar-refractivity contribution in [1.29, 1.82) is 0 Å². The zero-order valence-electron chi connectivity index (χ0n) is 16.9. The molecule has 0 aromatic carbocycles. The van der Waals surface area contributed by atoms with Gasteiger partial charge in [-0.1, -0.05) is 6.92 Å². The van der Waals surface area contributed by atoms with Gasteiger partial charge in [0, 0.05) is 54.6 Å². The monoisotopic (exact) mass is 376 g/mol. The van der Waals surface area contributed by atoms with E-state index >= 15 is 0 Å². The second kappa shape index (κ2) is 7.74. The summed E-state index contributed by atoms with van der Waals surface area (Å²) in [5, 5.41) is 1.09. The van der Waals surface area contributed by atoms with Gasteiger partial charge in [-0.15, -0.1) is 0 Å². The lowest BCUT2D eigenvalue weighted by Gasteiger charge is -2.38. The fraction of sp³-hybridized carbons (Fsp3) is 0.435. The van der Waals surface area contributed by atoms with E-state index in [1.165, 1.54) is 6.42 Å². The number of rotatable bonds is 4. The number of hydrogen-bond acceptors (Lipinski definition) is 3. The van der Waals surface area contributed by atoms with Crippen LogP contribution in [-0.4, -0.2) is 37.9 Å². The average molecular weight is 377 g/mol. The van der Waals surface area contributed by atoms with Crippen molar-refractivity contribution in [2.75, 3.05) is 6.54 Å². The number of amides is 1. The normalized spacial score (nSPS) is 19.9. The molecule has 28 heavy (non-hydrogen) atoms. The first-order chi connectivity index (χ1) is 13.6. The van der Waals surface area contributed by atoms with Crippen molar-refractivity contribution >= 4 is 16.9 Å². The van der Waals surface area contributed by atoms with E-state index in [-0.39, 0.29) is 5.91 Å². The molecule has 1 saturated heterocycles. The molecule has 0 bridgehead atoms. The van der Waals surface area contributed by atoms with E-state index in [2.05, 4.69) is 51.5 Å². The Balaban J connectivity index is 1.64. The molecular weight excluding hydrogens is 348 g/mol. The van der Waals surface area contributed by atoms with Crippen LogP contribution in [0.1, 0.15) is 38.8 Å². The summed E-state index contributed by atoms with van der Waals surface area (Å²) in [6.45, 7) is 7.95. The third kappa shape index (κ3) is 3.41. The molecule has 0 aliphatic carbocycles. The number of aromatic nitrogens is 3. The molecule has 1 amide bonds. The van der Waals surface area contributed by atoms with Crippen molar-refractivity contribution in [2.24, 2.45) is 5.92 Å². The van der Waals surface area contributed by atoms with Gasteiger partial charge >= 0.3 is 0 Å². The highest BCUT2D eigenvalue weighted by Gasteiger charge is 2.28. The Labute approximate surface area is 166 Å². The standard InChI is InChI=1S/C23H28N4O/c1-16-7-6-13-26(18(16)3)22(28)10-14-27-21(20-9-5-11-24-17(20)2)15-19-8-4-12-25-23(19)27/h4-5,8-9,11-12,15-16,18H,6-7,10,13-14H2,1-3H3/t16-,18+/m0/s1. The first kappa shape index (κ1) is 18.7. The van der Waals surface area contributed by atoms with Gasteiger partial charge in [-0.3, -0.25) is 9.78 Å². The molecule has 4 rings (SSSR count). The molecule has 5 nitrogen and oxygen atoms in total. The van der Waals surface area contributed by atoms with Crippen molar-refractivity contribution in [3.8, 4) is 11.3 Å². The minimum absolute atomic E-state index is 0.241. The molecule has 0 spiro atoms. The van der Waals surface area contributed by atoms with Crippen LogP contribution in [0.4, 0.5) is 0 Å². The summed E-state index contributed by atoms with van der Waals surface area (Å²) in [5.41, 5.74) is 4.07. The molecule has 0 radical (unpaired) electrons. The maximum Gasteiger partial charge on any atom is 0.224 e. The number of fused-ring (bicyclic) bond motifs is 1. The van der Waals surface area contributed by atoms with E-state index in [0.29, 0.717) is 24.9 Å². The molecule has 0 unspecified atom stereocenters. The number of pyridine rings is 2. The summed E-state index contributed by atoms with van der Waals surface area (Å²) in [6.07, 6.45) is 6.43. The van der Waals surface area contributed by atoms with Gasteiger partial charge in [-0.05, 0) is 62.9 Å². The van der Waals surface area contributed by atoms with Crippen LogP contribution in [0.2, 0.25) is 0 Å². The minimum Gasteiger partial charge on any atom is -0.340 e. The van der Waals surface area contributed by atoms with Crippen LogP contribution in [0.3, 0.4) is 0 Å². The highest BCUT2D eigenvalue weighted by molar-refractivity contribution is 5.85. The lowest BCUT2D eigenvalue weighted by atomic mass is 9.92. The quantitative estimate of drug-likeness (QED) is 0.676. The zero-order valence-corrected chi connectivity index (χ0v) is 16.9. The Kier molecular flexibility index (Phi) is 5.16. The number of nitrogens with zero attached hydrogens (tertiary/aromatic N) is 4. The summed E-state index contributed by atoms with van der Waals surface area (Å²) in [7, 11) is 0. The largest absolute Gasteiger partial charge is 0.340 e. The van der Waals surface area contributed by atoms with Crippen molar-refractivity contribution in [3.63, 3.8) is 0 Å². The molecule has 146 valence electrons. The molecule has 3 aromatic heterocycles. The Morgan fingerprint density at radius 1 is 1.18 bits per heavy atom. The third-order valence-electron chi connectivity index (χ3n) is 6.18. The zero-order chi connectivity index (χ0) is 19.7. The molecule has 3 aromatic rings. The smallest absolute Gasteiger partial charge is 0.224 e. The number of carbonyl (C=O) groups excluding carboxylic acids is 1. The topological polar surface area (TPSA) is 51.0 Å². The summed E-state index contributed by atoms with van der Waals surface area (Å²) in [5.74, 6) is 0.811. The van der Waals surface area contributed by atoms with Gasteiger partial charge in [0.1, 0.15) is 5.65 Å². The first-order valence-electron chi connectivity index (χ1n) is 10.2. The molecule has 1 aliphatic heterocycles. The van der Waals surface area contributed by atoms with Gasteiger partial charge in [0.05, 0.1) is 5.69 Å². The SMILES string of the molecule is Cc1ncccc1-c1cc2cccnc2n1CCC(=O)N1CCC[C@H](C)[C@H]1C. The lowest BCUT2D eigenvalue weighted by molar-refractivity contribution is -0.135. The van der Waals surface area contributed by atoms with E-state index in [1.807, 2.05) is 31.5 Å². The molecule has 4 heterocycles. The highest BCUT2D eigenvalue weighted by Crippen LogP contribution is 2.29. The van der Waals surface area contributed by atoms with Crippen LogP contribution in [0.5, 0.6) is 0 Å². The van der Waals surface area contributed by atoms with Crippen molar-refractivity contribution in [2.45, 2.75) is 52.6 Å². The second-order valence-corrected chi connectivity index (χ2v) is 7.93. The summed E-state index contributed by atoms with van der Waals surface area (Å²) < 4.78 is 2.18. The molecule has 2 atom stereocenters. The lowest BCUT2D eigenvalue weighted by Crippen LogP contribution is -2.46. The Bertz CT molecular complexity index is 993. The van der Waals surface area contributed by atoms with E-state index in [1.54, 1.807) is 0 Å². The van der Waals surface area contributed by atoms with Crippen LogP contribution in [0, 0.1) is 12.8 Å². The minimum atomic E-state index is 0.241. The maximum absolute atomic E-state index is 13.0. The third-order valence-corrected chi connectivity index (χ3v) is 6.18. The average Bonchev–Trinajstić information content (AvgIpc) is 3.07. The van der Waals surface area contributed by atoms with Crippen LogP contribution in [-0.2, 0) is 11.3 Å². The predicted octanol–water partition coefficient (Wildman–Crippen LogP) is 4.44. The fourth-order valence-corrected chi connectivity index (χ4v) is 4.33. The summed E-state index contributed by atoms with van der Waals surface area (Å²) in [6, 6.07) is 10.5. The number of aryl methyl sites for hydroxylation is 2. The van der Waals surface area contributed by atoms with Gasteiger partial charge in [0.15, 0.2) is 0 Å². The van der Waals surface area contributed by atoms with Gasteiger partial charge in [-0.25, -0.2) is 4.98 Å². The van der Waals surface area contributed by atoms with E-state index in [0.717, 1.165) is 41.0 Å². The van der Waals surface area contributed by atoms with Crippen molar-refractivity contribution in [1.82, 2.24) is 19.4 Å². The van der Waals surface area contributed by atoms with Gasteiger partial charge in [0.25, 0.3) is 0 Å². The van der Waals surface area contributed by atoms with Gasteiger partial charge in [0.2, 0.25) is 5.91 Å². The molecule has 1 fully saturated rings. The molecule has 0 saturated carbocycles. The van der Waals surface area contributed by atoms with E-state index in [4.69, 9.17) is 0 Å². The summed E-state index contributed by atoms with van der Waals surface area (Å²) in [4.78, 5) is 24.1. The number of likely N-dealkylation sites (tertiary alicyclic amines) is 1. The second-order valence-electron chi connectivity index (χ2n) is 7.93. The van der Waals surface area contributed by atoms with Gasteiger partial charge < -0.3 is 9.47 Å². The molecule has 1 aliphatic rings. The van der Waals surface area contributed by atoms with Crippen LogP contribution in [0.15, 0.2) is 42.7 Å². The molecule has 5 heteroatoms. The number of carbonyl (C=O) groups is 1. The Hall–Kier alpha value is -2.69. The fourth-order valence-electron chi connectivity index (χ4n) is 4.33.